The normalized spacial score (nSPS) is 31.9. The monoisotopic (exact) mass is 413 g/mol. The summed E-state index contributed by atoms with van der Waals surface area (Å²) in [7, 11) is 0. The molecule has 6 nitrogen and oxygen atoms in total. The van der Waals surface area contributed by atoms with Gasteiger partial charge in [0.1, 0.15) is 12.0 Å². The minimum Gasteiger partial charge on any atom is -0.423 e. The number of carbonyl (C=O) groups is 4. The molecule has 7 rings (SSSR count). The van der Waals surface area contributed by atoms with Crippen LogP contribution in [0.15, 0.2) is 60.7 Å². The molecule has 3 fully saturated rings. The number of hydrogen-bond donors (Lipinski definition) is 0. The van der Waals surface area contributed by atoms with E-state index in [9.17, 15) is 19.2 Å². The molecule has 154 valence electrons. The van der Waals surface area contributed by atoms with Gasteiger partial charge < -0.3 is 4.74 Å². The summed E-state index contributed by atoms with van der Waals surface area (Å²) in [4.78, 5) is 51.2. The molecule has 1 saturated heterocycles. The maximum atomic E-state index is 13.3. The minimum absolute atomic E-state index is 0.156. The maximum Gasteiger partial charge on any atom is 0.343 e. The quantitative estimate of drug-likeness (QED) is 0.253. The van der Waals surface area contributed by atoms with Crippen LogP contribution in [-0.4, -0.2) is 24.1 Å². The predicted molar refractivity (Wildman–Crippen MR) is 110 cm³/mol. The van der Waals surface area contributed by atoms with E-state index in [4.69, 9.17) is 4.74 Å². The number of ether oxygens (including phenoxy) is 1. The summed E-state index contributed by atoms with van der Waals surface area (Å²) < 4.78 is 5.38. The van der Waals surface area contributed by atoms with Crippen LogP contribution in [0.3, 0.4) is 0 Å². The van der Waals surface area contributed by atoms with Gasteiger partial charge in [-0.25, -0.2) is 9.69 Å². The highest BCUT2D eigenvalue weighted by Crippen LogP contribution is 2.65. The van der Waals surface area contributed by atoms with E-state index in [0.29, 0.717) is 35.1 Å². The molecule has 5 aliphatic rings. The number of imide groups is 1. The van der Waals surface area contributed by atoms with Crippen LogP contribution in [0.4, 0.5) is 5.69 Å². The van der Waals surface area contributed by atoms with Crippen molar-refractivity contribution >= 4 is 29.8 Å². The first-order valence-corrected chi connectivity index (χ1v) is 10.5. The molecular weight excluding hydrogens is 394 g/mol. The summed E-state index contributed by atoms with van der Waals surface area (Å²) in [6.45, 7) is 0. The number of rotatable bonds is 4. The van der Waals surface area contributed by atoms with Crippen LogP contribution in [0.5, 0.6) is 5.75 Å². The zero-order valence-corrected chi connectivity index (χ0v) is 16.5. The van der Waals surface area contributed by atoms with Crippen LogP contribution < -0.4 is 9.64 Å². The molecule has 1 heterocycles. The van der Waals surface area contributed by atoms with Gasteiger partial charge >= 0.3 is 5.97 Å². The highest BCUT2D eigenvalue weighted by atomic mass is 16.5. The molecule has 6 atom stereocenters. The third kappa shape index (κ3) is 2.64. The van der Waals surface area contributed by atoms with Crippen LogP contribution >= 0.6 is 0 Å². The lowest BCUT2D eigenvalue weighted by molar-refractivity contribution is -0.124. The molecule has 0 radical (unpaired) electrons. The van der Waals surface area contributed by atoms with Gasteiger partial charge in [0, 0.05) is 5.56 Å². The van der Waals surface area contributed by atoms with Crippen LogP contribution in [0.25, 0.3) is 0 Å². The van der Waals surface area contributed by atoms with Crippen molar-refractivity contribution in [2.75, 3.05) is 4.90 Å². The van der Waals surface area contributed by atoms with Gasteiger partial charge in [-0.3, -0.25) is 14.4 Å². The Bertz CT molecular complexity index is 1130. The number of nitrogens with zero attached hydrogens (tertiary/aromatic N) is 1. The number of carbonyl (C=O) groups excluding carboxylic acids is 4. The van der Waals surface area contributed by atoms with Gasteiger partial charge in [0.2, 0.25) is 11.8 Å². The first-order chi connectivity index (χ1) is 15.1. The number of anilines is 1. The summed E-state index contributed by atoms with van der Waals surface area (Å²) in [6, 6.07) is 12.6. The highest BCUT2D eigenvalue weighted by molar-refractivity contribution is 6.23. The Labute approximate surface area is 178 Å². The lowest BCUT2D eigenvalue weighted by Gasteiger charge is -2.37. The van der Waals surface area contributed by atoms with E-state index in [0.717, 1.165) is 6.42 Å². The molecule has 0 spiro atoms. The molecule has 4 aliphatic carbocycles. The molecular formula is C25H19NO5. The van der Waals surface area contributed by atoms with Crippen molar-refractivity contribution in [3.63, 3.8) is 0 Å². The first kappa shape index (κ1) is 18.2. The molecule has 2 aromatic rings. The molecule has 0 aromatic heterocycles. The van der Waals surface area contributed by atoms with Crippen LogP contribution in [0.1, 0.15) is 27.1 Å². The molecule has 1 aliphatic heterocycles. The predicted octanol–water partition coefficient (Wildman–Crippen LogP) is 3.28. The van der Waals surface area contributed by atoms with Crippen molar-refractivity contribution in [3.05, 3.63) is 71.8 Å². The molecule has 0 N–H and O–H groups in total. The Morgan fingerprint density at radius 2 is 1.58 bits per heavy atom. The first-order valence-electron chi connectivity index (χ1n) is 10.5. The zero-order chi connectivity index (χ0) is 21.3. The second kappa shape index (κ2) is 6.48. The second-order valence-electron chi connectivity index (χ2n) is 8.79. The third-order valence-electron chi connectivity index (χ3n) is 7.23. The fraction of sp³-hybridized carbons (Fsp3) is 0.280. The Hall–Kier alpha value is -3.54. The van der Waals surface area contributed by atoms with Gasteiger partial charge in [-0.15, -0.1) is 0 Å². The average Bonchev–Trinajstić information content (AvgIpc) is 3.57. The molecule has 2 aromatic carbocycles. The molecule has 6 heteroatoms. The van der Waals surface area contributed by atoms with Crippen molar-refractivity contribution in [2.24, 2.45) is 35.5 Å². The van der Waals surface area contributed by atoms with E-state index in [-0.39, 0.29) is 41.0 Å². The zero-order valence-electron chi connectivity index (χ0n) is 16.5. The van der Waals surface area contributed by atoms with Gasteiger partial charge in [-0.2, -0.15) is 0 Å². The van der Waals surface area contributed by atoms with Gasteiger partial charge in [-0.1, -0.05) is 18.2 Å². The van der Waals surface area contributed by atoms with E-state index >= 15 is 0 Å². The number of amides is 2. The highest BCUT2D eigenvalue weighted by Gasteiger charge is 2.67. The molecule has 2 amide bonds. The van der Waals surface area contributed by atoms with Crippen LogP contribution in [0, 0.1) is 35.5 Å². The number of benzene rings is 2. The topological polar surface area (TPSA) is 80.8 Å². The van der Waals surface area contributed by atoms with Crippen LogP contribution in [0.2, 0.25) is 0 Å². The van der Waals surface area contributed by atoms with Crippen molar-refractivity contribution in [1.29, 1.82) is 0 Å². The Balaban J connectivity index is 1.26. The number of aldehydes is 1. The average molecular weight is 413 g/mol. The fourth-order valence-electron chi connectivity index (χ4n) is 5.76. The lowest BCUT2D eigenvalue weighted by Crippen LogP contribution is -2.40. The van der Waals surface area contributed by atoms with E-state index in [2.05, 4.69) is 12.2 Å². The van der Waals surface area contributed by atoms with E-state index in [1.807, 2.05) is 0 Å². The van der Waals surface area contributed by atoms with Gasteiger partial charge in [-0.05, 0) is 72.6 Å². The Morgan fingerprint density at radius 3 is 2.19 bits per heavy atom. The Morgan fingerprint density at radius 1 is 0.935 bits per heavy atom. The van der Waals surface area contributed by atoms with Crippen molar-refractivity contribution in [1.82, 2.24) is 0 Å². The third-order valence-corrected chi connectivity index (χ3v) is 7.23. The van der Waals surface area contributed by atoms with Gasteiger partial charge in [0.15, 0.2) is 0 Å². The number of allylic oxidation sites excluding steroid dienone is 2. The van der Waals surface area contributed by atoms with Gasteiger partial charge in [0.25, 0.3) is 0 Å². The van der Waals surface area contributed by atoms with Crippen molar-refractivity contribution in [3.8, 4) is 5.75 Å². The SMILES string of the molecule is O=Cc1ccc(OC(=O)c2cccc(N3C(=O)[C@H]4[C@@H]5C=C[C@@H]([C@H]6C[C@H]56)[C@@H]4C3=O)c2)cc1. The standard InChI is InChI=1S/C25H19NO5/c27-12-13-4-6-16(7-5-13)31-25(30)14-2-1-3-15(10-14)26-23(28)21-17-8-9-18(20-11-19(17)20)22(21)24(26)29/h1-10,12,17-22H,11H2/t17-,18+,19-,20-,21+,22+/m1/s1. The number of hydrogen-bond acceptors (Lipinski definition) is 5. The van der Waals surface area contributed by atoms with Crippen LogP contribution in [-0.2, 0) is 9.59 Å². The lowest BCUT2D eigenvalue weighted by atomic mass is 9.63. The summed E-state index contributed by atoms with van der Waals surface area (Å²) in [5.74, 6) is 0.232. The summed E-state index contributed by atoms with van der Waals surface area (Å²) in [5.41, 5.74) is 1.13. The summed E-state index contributed by atoms with van der Waals surface area (Å²) >= 11 is 0. The molecule has 2 bridgehead atoms. The molecule has 31 heavy (non-hydrogen) atoms. The second-order valence-corrected chi connectivity index (χ2v) is 8.79. The summed E-state index contributed by atoms with van der Waals surface area (Å²) in [6.07, 6.45) is 6.10. The molecule has 0 unspecified atom stereocenters. The van der Waals surface area contributed by atoms with Crippen molar-refractivity contribution in [2.45, 2.75) is 6.42 Å². The minimum atomic E-state index is -0.597. The summed E-state index contributed by atoms with van der Waals surface area (Å²) in [5, 5.41) is 0. The largest absolute Gasteiger partial charge is 0.423 e. The fourth-order valence-corrected chi connectivity index (χ4v) is 5.76. The van der Waals surface area contributed by atoms with Crippen molar-refractivity contribution < 1.29 is 23.9 Å². The van der Waals surface area contributed by atoms with Gasteiger partial charge in [0.05, 0.1) is 23.1 Å². The smallest absolute Gasteiger partial charge is 0.343 e. The van der Waals surface area contributed by atoms with E-state index in [1.165, 1.54) is 23.1 Å². The van der Waals surface area contributed by atoms with E-state index in [1.54, 1.807) is 30.3 Å². The number of esters is 1. The Kier molecular flexibility index (Phi) is 3.81. The molecule has 2 saturated carbocycles. The maximum absolute atomic E-state index is 13.3. The van der Waals surface area contributed by atoms with E-state index < -0.39 is 5.97 Å².